The first-order valence-electron chi connectivity index (χ1n) is 10.5. The van der Waals surface area contributed by atoms with Crippen molar-refractivity contribution < 1.29 is 9.90 Å². The smallest absolute Gasteiger partial charge is 0.270 e. The molecule has 1 amide bonds. The Bertz CT molecular complexity index is 1390. The molecule has 0 atom stereocenters. The number of hydrogen-bond donors (Lipinski definition) is 2. The van der Waals surface area contributed by atoms with Gasteiger partial charge < -0.3 is 10.4 Å². The van der Waals surface area contributed by atoms with Gasteiger partial charge in [-0.05, 0) is 63.6 Å². The normalized spacial score (nSPS) is 11.4. The number of benzene rings is 1. The molecular formula is C25H24N6O2. The van der Waals surface area contributed by atoms with Gasteiger partial charge in [0.2, 0.25) is 0 Å². The standard InChI is InChI=1S/C25H24N6O2/c1-15-10-19(11-16(2)28-15)21-22(18-7-5-6-17(12-18)13-26)30-31-9-8-20(29-23(21)31)24(32)27-14-25(3,4)33/h5-12,33H,14H2,1-4H3,(H,27,32). The second-order valence-electron chi connectivity index (χ2n) is 8.63. The molecular weight excluding hydrogens is 416 g/mol. The van der Waals surface area contributed by atoms with Gasteiger partial charge in [-0.2, -0.15) is 10.4 Å². The Morgan fingerprint density at radius 1 is 1.12 bits per heavy atom. The highest BCUT2D eigenvalue weighted by molar-refractivity contribution is 5.95. The van der Waals surface area contributed by atoms with Crippen LogP contribution in [0.25, 0.3) is 28.0 Å². The molecule has 1 aromatic carbocycles. The molecule has 166 valence electrons. The van der Waals surface area contributed by atoms with E-state index < -0.39 is 5.60 Å². The van der Waals surface area contributed by atoms with Crippen LogP contribution in [-0.4, -0.2) is 42.7 Å². The molecule has 4 aromatic rings. The van der Waals surface area contributed by atoms with Gasteiger partial charge in [0, 0.05) is 29.7 Å². The summed E-state index contributed by atoms with van der Waals surface area (Å²) in [6.07, 6.45) is 1.68. The number of aromatic nitrogens is 4. The topological polar surface area (TPSA) is 116 Å². The highest BCUT2D eigenvalue weighted by atomic mass is 16.3. The Morgan fingerprint density at radius 2 is 1.85 bits per heavy atom. The fourth-order valence-corrected chi connectivity index (χ4v) is 3.63. The van der Waals surface area contributed by atoms with Crippen molar-refractivity contribution in [2.24, 2.45) is 0 Å². The van der Waals surface area contributed by atoms with Crippen LogP contribution >= 0.6 is 0 Å². The molecule has 0 fully saturated rings. The van der Waals surface area contributed by atoms with Crippen LogP contribution in [0.15, 0.2) is 48.7 Å². The molecule has 0 aliphatic heterocycles. The van der Waals surface area contributed by atoms with Crippen LogP contribution in [0.4, 0.5) is 0 Å². The Balaban J connectivity index is 1.92. The van der Waals surface area contributed by atoms with Crippen molar-refractivity contribution in [2.45, 2.75) is 33.3 Å². The number of carbonyl (C=O) groups excluding carboxylic acids is 1. The Morgan fingerprint density at radius 3 is 2.52 bits per heavy atom. The lowest BCUT2D eigenvalue weighted by atomic mass is 9.99. The van der Waals surface area contributed by atoms with Gasteiger partial charge in [0.15, 0.2) is 5.65 Å². The van der Waals surface area contributed by atoms with Crippen molar-refractivity contribution >= 4 is 11.6 Å². The maximum absolute atomic E-state index is 12.7. The number of aryl methyl sites for hydroxylation is 2. The fourth-order valence-electron chi connectivity index (χ4n) is 3.63. The number of nitrogens with zero attached hydrogens (tertiary/aromatic N) is 5. The van der Waals surface area contributed by atoms with E-state index in [2.05, 4.69) is 21.4 Å². The van der Waals surface area contributed by atoms with Crippen LogP contribution in [0.1, 0.15) is 41.3 Å². The number of pyridine rings is 1. The van der Waals surface area contributed by atoms with Crippen LogP contribution in [0, 0.1) is 25.2 Å². The molecule has 0 bridgehead atoms. The molecule has 2 N–H and O–H groups in total. The second kappa shape index (κ2) is 8.45. The van der Waals surface area contributed by atoms with E-state index in [9.17, 15) is 15.2 Å². The molecule has 3 heterocycles. The summed E-state index contributed by atoms with van der Waals surface area (Å²) in [7, 11) is 0. The summed E-state index contributed by atoms with van der Waals surface area (Å²) in [5.74, 6) is -0.387. The number of hydrogen-bond acceptors (Lipinski definition) is 6. The molecule has 0 spiro atoms. The Hall–Kier alpha value is -4.09. The van der Waals surface area contributed by atoms with E-state index in [0.29, 0.717) is 16.9 Å². The molecule has 0 aliphatic carbocycles. The van der Waals surface area contributed by atoms with Gasteiger partial charge >= 0.3 is 0 Å². The minimum absolute atomic E-state index is 0.0970. The molecule has 0 saturated heterocycles. The third-order valence-electron chi connectivity index (χ3n) is 5.03. The van der Waals surface area contributed by atoms with Crippen molar-refractivity contribution in [1.29, 1.82) is 5.26 Å². The zero-order chi connectivity index (χ0) is 23.8. The van der Waals surface area contributed by atoms with Gasteiger partial charge in [-0.25, -0.2) is 9.50 Å². The van der Waals surface area contributed by atoms with E-state index in [-0.39, 0.29) is 18.1 Å². The highest BCUT2D eigenvalue weighted by Crippen LogP contribution is 2.35. The van der Waals surface area contributed by atoms with E-state index in [4.69, 9.17) is 5.10 Å². The third-order valence-corrected chi connectivity index (χ3v) is 5.03. The average molecular weight is 441 g/mol. The predicted molar refractivity (Wildman–Crippen MR) is 124 cm³/mol. The maximum Gasteiger partial charge on any atom is 0.270 e. The summed E-state index contributed by atoms with van der Waals surface area (Å²) in [4.78, 5) is 21.8. The summed E-state index contributed by atoms with van der Waals surface area (Å²) in [5.41, 5.74) is 4.95. The van der Waals surface area contributed by atoms with E-state index >= 15 is 0 Å². The SMILES string of the molecule is Cc1cc(-c2c(-c3cccc(C#N)c3)nn3ccc(C(=O)NCC(C)(C)O)nc23)cc(C)n1. The van der Waals surface area contributed by atoms with E-state index in [1.807, 2.05) is 38.1 Å². The highest BCUT2D eigenvalue weighted by Gasteiger charge is 2.21. The molecule has 0 saturated carbocycles. The van der Waals surface area contributed by atoms with Crippen molar-refractivity contribution in [2.75, 3.05) is 6.54 Å². The number of nitrogens with one attached hydrogen (secondary N) is 1. The molecule has 0 unspecified atom stereocenters. The van der Waals surface area contributed by atoms with E-state index in [0.717, 1.165) is 28.1 Å². The fraction of sp³-hybridized carbons (Fsp3) is 0.240. The number of nitriles is 1. The minimum Gasteiger partial charge on any atom is -0.389 e. The van der Waals surface area contributed by atoms with Gasteiger partial charge in [-0.15, -0.1) is 0 Å². The Kier molecular flexibility index (Phi) is 5.66. The van der Waals surface area contributed by atoms with Gasteiger partial charge in [-0.3, -0.25) is 9.78 Å². The third kappa shape index (κ3) is 4.73. The minimum atomic E-state index is -1.04. The summed E-state index contributed by atoms with van der Waals surface area (Å²) in [6, 6.07) is 14.9. The summed E-state index contributed by atoms with van der Waals surface area (Å²) in [6.45, 7) is 7.17. The molecule has 33 heavy (non-hydrogen) atoms. The van der Waals surface area contributed by atoms with Gasteiger partial charge in [-0.1, -0.05) is 12.1 Å². The van der Waals surface area contributed by atoms with Crippen LogP contribution in [0.5, 0.6) is 0 Å². The van der Waals surface area contributed by atoms with Crippen LogP contribution in [0.2, 0.25) is 0 Å². The number of rotatable bonds is 5. The van der Waals surface area contributed by atoms with Crippen LogP contribution in [-0.2, 0) is 0 Å². The van der Waals surface area contributed by atoms with Crippen molar-refractivity contribution in [3.05, 3.63) is 71.3 Å². The first kappa shape index (κ1) is 22.1. The number of fused-ring (bicyclic) bond motifs is 1. The second-order valence-corrected chi connectivity index (χ2v) is 8.63. The van der Waals surface area contributed by atoms with Crippen LogP contribution in [0.3, 0.4) is 0 Å². The average Bonchev–Trinajstić information content (AvgIpc) is 3.15. The molecule has 8 nitrogen and oxygen atoms in total. The molecule has 0 aliphatic rings. The number of amides is 1. The van der Waals surface area contributed by atoms with Crippen molar-refractivity contribution in [3.8, 4) is 28.5 Å². The van der Waals surface area contributed by atoms with Gasteiger partial charge in [0.05, 0.1) is 22.8 Å². The number of carbonyl (C=O) groups is 1. The quantitative estimate of drug-likeness (QED) is 0.491. The summed E-state index contributed by atoms with van der Waals surface area (Å²) >= 11 is 0. The summed E-state index contributed by atoms with van der Waals surface area (Å²) in [5, 5.41) is 26.7. The molecule has 4 rings (SSSR count). The lowest BCUT2D eigenvalue weighted by Crippen LogP contribution is -2.38. The first-order valence-corrected chi connectivity index (χ1v) is 10.5. The zero-order valence-corrected chi connectivity index (χ0v) is 18.9. The predicted octanol–water partition coefficient (Wildman–Crippen LogP) is 3.45. The molecule has 0 radical (unpaired) electrons. The lowest BCUT2D eigenvalue weighted by Gasteiger charge is -2.17. The van der Waals surface area contributed by atoms with Crippen LogP contribution < -0.4 is 5.32 Å². The zero-order valence-electron chi connectivity index (χ0n) is 18.9. The molecule has 3 aromatic heterocycles. The number of aliphatic hydroxyl groups is 1. The lowest BCUT2D eigenvalue weighted by molar-refractivity contribution is 0.0692. The van der Waals surface area contributed by atoms with Crippen molar-refractivity contribution in [1.82, 2.24) is 24.9 Å². The van der Waals surface area contributed by atoms with Gasteiger partial charge in [0.1, 0.15) is 11.4 Å². The molecule has 8 heteroatoms. The van der Waals surface area contributed by atoms with E-state index in [1.165, 1.54) is 0 Å². The Labute approximate surface area is 191 Å². The largest absolute Gasteiger partial charge is 0.389 e. The first-order chi connectivity index (χ1) is 15.6. The maximum atomic E-state index is 12.7. The van der Waals surface area contributed by atoms with Crippen molar-refractivity contribution in [3.63, 3.8) is 0 Å². The van der Waals surface area contributed by atoms with Gasteiger partial charge in [0.25, 0.3) is 5.91 Å². The monoisotopic (exact) mass is 440 g/mol. The van der Waals surface area contributed by atoms with E-state index in [1.54, 1.807) is 42.8 Å². The summed E-state index contributed by atoms with van der Waals surface area (Å²) < 4.78 is 1.63.